The summed E-state index contributed by atoms with van der Waals surface area (Å²) in [5, 5.41) is 17.4. The van der Waals surface area contributed by atoms with Gasteiger partial charge in [0.15, 0.2) is 0 Å². The predicted octanol–water partition coefficient (Wildman–Crippen LogP) is 4.16. The van der Waals surface area contributed by atoms with Gasteiger partial charge >= 0.3 is 0 Å². The molecule has 5 heteroatoms. The lowest BCUT2D eigenvalue weighted by Gasteiger charge is -2.22. The normalized spacial score (nSPS) is 17.1. The Kier molecular flexibility index (Phi) is 5.21. The Balaban J connectivity index is 2.10. The average molecular weight is 277 g/mol. The van der Waals surface area contributed by atoms with Crippen molar-refractivity contribution in [3.05, 3.63) is 28.3 Å². The Morgan fingerprint density at radius 1 is 1.05 bits per heavy atom. The Labute approximate surface area is 119 Å². The van der Waals surface area contributed by atoms with Crippen LogP contribution in [0, 0.1) is 10.1 Å². The third-order valence-electron chi connectivity index (χ3n) is 3.89. The van der Waals surface area contributed by atoms with Gasteiger partial charge in [-0.2, -0.15) is 0 Å². The molecule has 0 aromatic heterocycles. The second-order valence-corrected chi connectivity index (χ2v) is 5.46. The van der Waals surface area contributed by atoms with Crippen LogP contribution in [0.2, 0.25) is 0 Å². The fourth-order valence-electron chi connectivity index (χ4n) is 2.78. The number of nitro benzene ring substituents is 1. The maximum absolute atomic E-state index is 11.0. The van der Waals surface area contributed by atoms with E-state index in [9.17, 15) is 10.1 Å². The molecule has 0 aliphatic heterocycles. The molecule has 0 bridgehead atoms. The molecule has 0 amide bonds. The number of nitrogens with zero attached hydrogens (tertiary/aromatic N) is 1. The minimum atomic E-state index is -0.343. The molecule has 0 radical (unpaired) electrons. The highest BCUT2D eigenvalue weighted by Crippen LogP contribution is 2.27. The van der Waals surface area contributed by atoms with Gasteiger partial charge in [-0.05, 0) is 18.9 Å². The maximum Gasteiger partial charge on any atom is 0.273 e. The van der Waals surface area contributed by atoms with Crippen LogP contribution in [-0.2, 0) is 0 Å². The lowest BCUT2D eigenvalue weighted by molar-refractivity contribution is -0.384. The van der Waals surface area contributed by atoms with Crippen molar-refractivity contribution in [2.24, 2.45) is 0 Å². The van der Waals surface area contributed by atoms with Gasteiger partial charge in [-0.1, -0.05) is 32.1 Å². The van der Waals surface area contributed by atoms with Gasteiger partial charge in [-0.15, -0.1) is 0 Å². The van der Waals surface area contributed by atoms with Crippen LogP contribution in [0.3, 0.4) is 0 Å². The lowest BCUT2D eigenvalue weighted by atomic mass is 9.96. The summed E-state index contributed by atoms with van der Waals surface area (Å²) in [4.78, 5) is 10.6. The fourth-order valence-corrected chi connectivity index (χ4v) is 2.78. The number of benzene rings is 1. The predicted molar refractivity (Wildman–Crippen MR) is 82.4 cm³/mol. The van der Waals surface area contributed by atoms with Gasteiger partial charge in [0, 0.05) is 36.6 Å². The van der Waals surface area contributed by atoms with Crippen LogP contribution >= 0.6 is 0 Å². The average Bonchev–Trinajstić information content (AvgIpc) is 2.41. The van der Waals surface area contributed by atoms with Crippen LogP contribution < -0.4 is 10.6 Å². The van der Waals surface area contributed by atoms with Crippen molar-refractivity contribution in [1.29, 1.82) is 0 Å². The number of hydrogen-bond acceptors (Lipinski definition) is 4. The molecule has 1 aromatic carbocycles. The maximum atomic E-state index is 11.0. The molecule has 110 valence electrons. The molecule has 5 nitrogen and oxygen atoms in total. The van der Waals surface area contributed by atoms with Gasteiger partial charge in [0.05, 0.1) is 4.92 Å². The number of nitrogens with one attached hydrogen (secondary N) is 2. The Bertz CT molecular complexity index is 454. The van der Waals surface area contributed by atoms with E-state index in [0.29, 0.717) is 6.04 Å². The topological polar surface area (TPSA) is 67.2 Å². The van der Waals surface area contributed by atoms with Crippen molar-refractivity contribution in [2.75, 3.05) is 17.7 Å². The molecule has 1 aromatic rings. The van der Waals surface area contributed by atoms with Crippen LogP contribution in [0.25, 0.3) is 0 Å². The van der Waals surface area contributed by atoms with E-state index in [4.69, 9.17) is 0 Å². The van der Waals surface area contributed by atoms with Gasteiger partial charge in [0.1, 0.15) is 0 Å². The quantitative estimate of drug-likeness (QED) is 0.640. The van der Waals surface area contributed by atoms with Crippen molar-refractivity contribution in [2.45, 2.75) is 51.0 Å². The number of rotatable bonds is 4. The molecule has 2 rings (SSSR count). The van der Waals surface area contributed by atoms with E-state index in [1.807, 2.05) is 6.07 Å². The zero-order chi connectivity index (χ0) is 14.4. The first-order chi connectivity index (χ1) is 9.69. The Morgan fingerprint density at radius 3 is 2.25 bits per heavy atom. The molecule has 1 aliphatic rings. The zero-order valence-electron chi connectivity index (χ0n) is 12.0. The second-order valence-electron chi connectivity index (χ2n) is 5.46. The molecule has 0 atom stereocenters. The number of non-ortho nitro benzene ring substituents is 1. The van der Waals surface area contributed by atoms with Crippen LogP contribution in [0.4, 0.5) is 17.1 Å². The van der Waals surface area contributed by atoms with E-state index >= 15 is 0 Å². The summed E-state index contributed by atoms with van der Waals surface area (Å²) in [7, 11) is 1.78. The van der Waals surface area contributed by atoms with Crippen molar-refractivity contribution in [3.8, 4) is 0 Å². The van der Waals surface area contributed by atoms with Gasteiger partial charge in [-0.3, -0.25) is 10.1 Å². The fraction of sp³-hybridized carbons (Fsp3) is 0.600. The minimum Gasteiger partial charge on any atom is -0.388 e. The van der Waals surface area contributed by atoms with Crippen LogP contribution in [0.5, 0.6) is 0 Å². The molecule has 1 fully saturated rings. The van der Waals surface area contributed by atoms with Crippen molar-refractivity contribution in [3.63, 3.8) is 0 Å². The first-order valence-corrected chi connectivity index (χ1v) is 7.43. The largest absolute Gasteiger partial charge is 0.388 e. The summed E-state index contributed by atoms with van der Waals surface area (Å²) in [5.41, 5.74) is 1.74. The van der Waals surface area contributed by atoms with Crippen molar-refractivity contribution < 1.29 is 4.92 Å². The third-order valence-corrected chi connectivity index (χ3v) is 3.89. The molecular formula is C15H23N3O2. The van der Waals surface area contributed by atoms with Crippen molar-refractivity contribution in [1.82, 2.24) is 0 Å². The van der Waals surface area contributed by atoms with Crippen LogP contribution in [-0.4, -0.2) is 18.0 Å². The summed E-state index contributed by atoms with van der Waals surface area (Å²) < 4.78 is 0. The number of anilines is 2. The van der Waals surface area contributed by atoms with Gasteiger partial charge in [-0.25, -0.2) is 0 Å². The van der Waals surface area contributed by atoms with E-state index in [0.717, 1.165) is 24.2 Å². The van der Waals surface area contributed by atoms with Gasteiger partial charge in [0.25, 0.3) is 5.69 Å². The Morgan fingerprint density at radius 2 is 1.65 bits per heavy atom. The molecule has 1 aliphatic carbocycles. The van der Waals surface area contributed by atoms with Gasteiger partial charge < -0.3 is 10.6 Å². The highest BCUT2D eigenvalue weighted by Gasteiger charge is 2.14. The Hall–Kier alpha value is -1.78. The molecule has 0 spiro atoms. The number of hydrogen-bond donors (Lipinski definition) is 2. The number of nitro groups is 1. The van der Waals surface area contributed by atoms with Crippen LogP contribution in [0.1, 0.15) is 44.9 Å². The molecule has 0 heterocycles. The van der Waals surface area contributed by atoms with Crippen LogP contribution in [0.15, 0.2) is 18.2 Å². The smallest absolute Gasteiger partial charge is 0.273 e. The molecule has 0 unspecified atom stereocenters. The lowest BCUT2D eigenvalue weighted by Crippen LogP contribution is -2.20. The first kappa shape index (κ1) is 14.6. The zero-order valence-corrected chi connectivity index (χ0v) is 12.0. The summed E-state index contributed by atoms with van der Waals surface area (Å²) >= 11 is 0. The van der Waals surface area contributed by atoms with E-state index in [1.54, 1.807) is 19.2 Å². The van der Waals surface area contributed by atoms with Crippen molar-refractivity contribution >= 4 is 17.1 Å². The first-order valence-electron chi connectivity index (χ1n) is 7.43. The standard InChI is InChI=1S/C15H23N3O2/c1-16-13-9-14(11-15(10-13)18(19)20)17-12-7-5-3-2-4-6-8-12/h9-12,16-17H,2-8H2,1H3. The van der Waals surface area contributed by atoms with E-state index in [1.165, 1.54) is 32.1 Å². The van der Waals surface area contributed by atoms with E-state index in [-0.39, 0.29) is 10.6 Å². The summed E-state index contributed by atoms with van der Waals surface area (Å²) in [6.45, 7) is 0. The third kappa shape index (κ3) is 4.11. The highest BCUT2D eigenvalue weighted by atomic mass is 16.6. The summed E-state index contributed by atoms with van der Waals surface area (Å²) in [6.07, 6.45) is 8.73. The molecule has 2 N–H and O–H groups in total. The second kappa shape index (κ2) is 7.12. The van der Waals surface area contributed by atoms with Gasteiger partial charge in [0.2, 0.25) is 0 Å². The summed E-state index contributed by atoms with van der Waals surface area (Å²) in [6, 6.07) is 5.55. The van der Waals surface area contributed by atoms with E-state index < -0.39 is 0 Å². The molecule has 0 saturated heterocycles. The molecular weight excluding hydrogens is 254 g/mol. The highest BCUT2D eigenvalue weighted by molar-refractivity contribution is 5.63. The molecule has 20 heavy (non-hydrogen) atoms. The summed E-state index contributed by atoms with van der Waals surface area (Å²) in [5.74, 6) is 0. The minimum absolute atomic E-state index is 0.130. The SMILES string of the molecule is CNc1cc(NC2CCCCCCC2)cc([N+](=O)[O-])c1. The molecule has 1 saturated carbocycles. The monoisotopic (exact) mass is 277 g/mol. The van der Waals surface area contributed by atoms with E-state index in [2.05, 4.69) is 10.6 Å².